The topological polar surface area (TPSA) is 117 Å². The number of carbonyl (C=O) groups excluding carboxylic acids is 2. The van der Waals surface area contributed by atoms with E-state index in [0.717, 1.165) is 16.8 Å². The van der Waals surface area contributed by atoms with E-state index < -0.39 is 29.9 Å². The van der Waals surface area contributed by atoms with Crippen molar-refractivity contribution in [1.29, 1.82) is 0 Å². The molecule has 0 radical (unpaired) electrons. The average Bonchev–Trinajstić information content (AvgIpc) is 3.41. The highest BCUT2D eigenvalue weighted by Gasteiger charge is 2.53. The van der Waals surface area contributed by atoms with Crippen molar-refractivity contribution in [3.05, 3.63) is 77.8 Å². The van der Waals surface area contributed by atoms with E-state index >= 15 is 0 Å². The first kappa shape index (κ1) is 28.0. The van der Waals surface area contributed by atoms with Gasteiger partial charge in [0.2, 0.25) is 5.96 Å². The van der Waals surface area contributed by atoms with Crippen molar-refractivity contribution < 1.29 is 23.8 Å². The Balaban J connectivity index is 1.85. The lowest BCUT2D eigenvalue weighted by molar-refractivity contribution is -0.134. The van der Waals surface area contributed by atoms with Crippen LogP contribution in [0.3, 0.4) is 0 Å². The van der Waals surface area contributed by atoms with E-state index in [-0.39, 0.29) is 17.8 Å². The van der Waals surface area contributed by atoms with E-state index in [1.807, 2.05) is 75.4 Å². The Bertz CT molecular complexity index is 1360. The highest BCUT2D eigenvalue weighted by molar-refractivity contribution is 6.11. The summed E-state index contributed by atoms with van der Waals surface area (Å²) < 4.78 is 11.0. The van der Waals surface area contributed by atoms with Crippen LogP contribution in [0.5, 0.6) is 0 Å². The zero-order valence-corrected chi connectivity index (χ0v) is 23.3. The monoisotopic (exact) mass is 532 g/mol. The summed E-state index contributed by atoms with van der Waals surface area (Å²) in [6.07, 6.45) is 0.981. The van der Waals surface area contributed by atoms with Gasteiger partial charge in [0.25, 0.3) is 5.91 Å². The molecule has 2 amide bonds. The third kappa shape index (κ3) is 5.88. The molecule has 2 N–H and O–H groups in total. The molecule has 2 heterocycles. The maximum absolute atomic E-state index is 14.5. The molecule has 0 unspecified atom stereocenters. The van der Waals surface area contributed by atoms with Gasteiger partial charge >= 0.3 is 6.09 Å². The first-order valence-electron chi connectivity index (χ1n) is 13.1. The van der Waals surface area contributed by atoms with Gasteiger partial charge in [-0.05, 0) is 57.2 Å². The second kappa shape index (κ2) is 11.0. The smallest absolute Gasteiger partial charge is 0.437 e. The highest BCUT2D eigenvalue weighted by atomic mass is 16.6. The minimum absolute atomic E-state index is 0.0269. The number of benzene rings is 2. The molecule has 1 aromatic heterocycles. The molecule has 39 heavy (non-hydrogen) atoms. The fourth-order valence-corrected chi connectivity index (χ4v) is 4.94. The molecule has 1 aliphatic heterocycles. The number of oxazole rings is 1. The van der Waals surface area contributed by atoms with E-state index in [0.29, 0.717) is 17.7 Å². The van der Waals surface area contributed by atoms with Crippen LogP contribution in [0.2, 0.25) is 0 Å². The molecule has 0 spiro atoms. The van der Waals surface area contributed by atoms with Crippen LogP contribution in [-0.2, 0) is 15.1 Å². The van der Waals surface area contributed by atoms with Crippen LogP contribution >= 0.6 is 0 Å². The number of carbonyl (C=O) groups is 2. The SMILES string of the molecule is Cc1ncoc1-c1cccc([C@@H](CO)N2C(=O)[C@@](CC(C)C)(c3ccccc3)N/C2=N\C(=O)OC(C)(C)C)c1. The number of guanidine groups is 1. The second-order valence-corrected chi connectivity index (χ2v) is 11.2. The summed E-state index contributed by atoms with van der Waals surface area (Å²) in [5, 5.41) is 14.0. The fourth-order valence-electron chi connectivity index (χ4n) is 4.94. The number of aliphatic imine (C=N–C) groups is 1. The predicted molar refractivity (Wildman–Crippen MR) is 148 cm³/mol. The van der Waals surface area contributed by atoms with Gasteiger partial charge in [-0.1, -0.05) is 62.4 Å². The predicted octanol–water partition coefficient (Wildman–Crippen LogP) is 5.35. The lowest BCUT2D eigenvalue weighted by atomic mass is 9.82. The number of nitrogens with one attached hydrogen (secondary N) is 1. The first-order valence-corrected chi connectivity index (χ1v) is 13.1. The van der Waals surface area contributed by atoms with Gasteiger partial charge in [0.05, 0.1) is 18.3 Å². The van der Waals surface area contributed by atoms with Crippen LogP contribution in [0, 0.1) is 12.8 Å². The number of nitrogens with zero attached hydrogens (tertiary/aromatic N) is 3. The Kier molecular flexibility index (Phi) is 7.92. The number of aliphatic hydroxyl groups is 1. The van der Waals surface area contributed by atoms with E-state index in [9.17, 15) is 14.7 Å². The number of rotatable bonds is 7. The van der Waals surface area contributed by atoms with Gasteiger partial charge in [0.1, 0.15) is 11.1 Å². The van der Waals surface area contributed by atoms with Gasteiger partial charge in [-0.2, -0.15) is 0 Å². The van der Waals surface area contributed by atoms with E-state index in [4.69, 9.17) is 9.15 Å². The average molecular weight is 533 g/mol. The van der Waals surface area contributed by atoms with Crippen molar-refractivity contribution in [3.63, 3.8) is 0 Å². The summed E-state index contributed by atoms with van der Waals surface area (Å²) in [7, 11) is 0. The van der Waals surface area contributed by atoms with Gasteiger partial charge in [-0.3, -0.25) is 9.69 Å². The summed E-state index contributed by atoms with van der Waals surface area (Å²) in [4.78, 5) is 37.1. The molecule has 9 heteroatoms. The second-order valence-electron chi connectivity index (χ2n) is 11.2. The number of hydrogen-bond acceptors (Lipinski definition) is 6. The molecule has 0 aliphatic carbocycles. The molecular formula is C30H36N4O5. The maximum atomic E-state index is 14.5. The fraction of sp³-hybridized carbons (Fsp3) is 0.400. The standard InChI is InChI=1S/C30H36N4O5/c1-19(2)16-30(23-13-8-7-9-14-23)26(36)34(27(33-30)32-28(37)39-29(4,5)6)24(17-35)21-11-10-12-22(15-21)25-20(3)31-18-38-25/h7-15,18-19,24,35H,16-17H2,1-6H3,(H,32,33,37)/t24-,30-/m1/s1. The Morgan fingerprint density at radius 3 is 2.49 bits per heavy atom. The minimum atomic E-state index is -1.19. The Morgan fingerprint density at radius 2 is 1.90 bits per heavy atom. The number of aromatic nitrogens is 1. The largest absolute Gasteiger partial charge is 0.443 e. The molecular weight excluding hydrogens is 496 g/mol. The van der Waals surface area contributed by atoms with Crippen molar-refractivity contribution >= 4 is 18.0 Å². The number of amides is 2. The molecule has 1 fully saturated rings. The van der Waals surface area contributed by atoms with Gasteiger partial charge in [-0.25, -0.2) is 9.78 Å². The van der Waals surface area contributed by atoms with Gasteiger partial charge in [0, 0.05) is 5.56 Å². The van der Waals surface area contributed by atoms with Gasteiger partial charge < -0.3 is 19.6 Å². The molecule has 3 aromatic rings. The zero-order valence-electron chi connectivity index (χ0n) is 23.3. The van der Waals surface area contributed by atoms with Crippen molar-refractivity contribution in [3.8, 4) is 11.3 Å². The van der Waals surface area contributed by atoms with E-state index in [2.05, 4.69) is 15.3 Å². The molecule has 0 saturated carbocycles. The normalized spacial score (nSPS) is 19.4. The number of aryl methyl sites for hydroxylation is 1. The van der Waals surface area contributed by atoms with Crippen LogP contribution in [0.25, 0.3) is 11.3 Å². The third-order valence-electron chi connectivity index (χ3n) is 6.47. The first-order chi connectivity index (χ1) is 18.4. The Hall–Kier alpha value is -3.98. The summed E-state index contributed by atoms with van der Waals surface area (Å²) in [5.74, 6) is 0.430. The third-order valence-corrected chi connectivity index (χ3v) is 6.47. The molecule has 1 aliphatic rings. The van der Waals surface area contributed by atoms with E-state index in [1.165, 1.54) is 11.3 Å². The molecule has 9 nitrogen and oxygen atoms in total. The summed E-state index contributed by atoms with van der Waals surface area (Å²) in [6, 6.07) is 15.9. The van der Waals surface area contributed by atoms with E-state index in [1.54, 1.807) is 20.8 Å². The van der Waals surface area contributed by atoms with Gasteiger partial charge in [-0.15, -0.1) is 4.99 Å². The zero-order chi connectivity index (χ0) is 28.4. The van der Waals surface area contributed by atoms with Gasteiger partial charge in [0.15, 0.2) is 12.2 Å². The molecule has 2 atom stereocenters. The Morgan fingerprint density at radius 1 is 1.18 bits per heavy atom. The quantitative estimate of drug-likeness (QED) is 0.421. The minimum Gasteiger partial charge on any atom is -0.443 e. The molecule has 206 valence electrons. The van der Waals surface area contributed by atoms with Crippen LogP contribution < -0.4 is 5.32 Å². The van der Waals surface area contributed by atoms with Crippen LogP contribution in [0.1, 0.15) is 63.9 Å². The highest BCUT2D eigenvalue weighted by Crippen LogP contribution is 2.39. The number of hydrogen-bond donors (Lipinski definition) is 2. The molecule has 0 bridgehead atoms. The van der Waals surface area contributed by atoms with Crippen LogP contribution in [0.15, 0.2) is 70.4 Å². The number of ether oxygens (including phenoxy) is 1. The number of aliphatic hydroxyl groups excluding tert-OH is 1. The summed E-state index contributed by atoms with van der Waals surface area (Å²) in [5.41, 5.74) is 0.893. The maximum Gasteiger partial charge on any atom is 0.437 e. The molecule has 4 rings (SSSR count). The summed E-state index contributed by atoms with van der Waals surface area (Å²) in [6.45, 7) is 10.7. The van der Waals surface area contributed by atoms with Crippen LogP contribution in [-0.4, -0.2) is 45.2 Å². The molecule has 1 saturated heterocycles. The lowest BCUT2D eigenvalue weighted by Crippen LogP contribution is -2.45. The van der Waals surface area contributed by atoms with Crippen molar-refractivity contribution in [1.82, 2.24) is 15.2 Å². The molecule has 2 aromatic carbocycles. The Labute approximate surface area is 228 Å². The summed E-state index contributed by atoms with van der Waals surface area (Å²) >= 11 is 0. The van der Waals surface area contributed by atoms with Crippen LogP contribution in [0.4, 0.5) is 4.79 Å². The van der Waals surface area contributed by atoms with Crippen molar-refractivity contribution in [2.75, 3.05) is 6.61 Å². The lowest BCUT2D eigenvalue weighted by Gasteiger charge is -2.31. The van der Waals surface area contributed by atoms with Crippen molar-refractivity contribution in [2.45, 2.75) is 65.1 Å². The van der Waals surface area contributed by atoms with Crippen molar-refractivity contribution in [2.24, 2.45) is 10.9 Å².